The van der Waals surface area contributed by atoms with Gasteiger partial charge in [-0.2, -0.15) is 0 Å². The summed E-state index contributed by atoms with van der Waals surface area (Å²) in [6, 6.07) is 0. The third-order valence-electron chi connectivity index (χ3n) is 3.34. The quantitative estimate of drug-likeness (QED) is 0.661. The summed E-state index contributed by atoms with van der Waals surface area (Å²) in [5, 5.41) is 0.0667. The molecular weight excluding hydrogens is 179 g/mol. The van der Waals surface area contributed by atoms with Crippen LogP contribution in [0, 0.1) is 11.3 Å². The maximum Gasteiger partial charge on any atom is 0.158 e. The minimum atomic E-state index is -1.20. The molecule has 0 aromatic rings. The first-order chi connectivity index (χ1) is 5.59. The summed E-state index contributed by atoms with van der Waals surface area (Å²) in [5.74, 6) is 0.154. The standard InChI is InChI=1S/C8H13FO2S/c1-8-4-5(12(10)11-2)3-6(8)7(8)9/h5-7H,3-4H2,1-2H3. The van der Waals surface area contributed by atoms with Crippen molar-refractivity contribution in [2.75, 3.05) is 7.11 Å². The van der Waals surface area contributed by atoms with Crippen LogP contribution in [0.5, 0.6) is 0 Å². The fourth-order valence-corrected chi connectivity index (χ4v) is 3.52. The summed E-state index contributed by atoms with van der Waals surface area (Å²) in [4.78, 5) is 0. The summed E-state index contributed by atoms with van der Waals surface area (Å²) in [6.45, 7) is 1.94. The molecule has 70 valence electrons. The minimum Gasteiger partial charge on any atom is -0.294 e. The molecule has 5 atom stereocenters. The van der Waals surface area contributed by atoms with Crippen molar-refractivity contribution in [2.45, 2.75) is 31.2 Å². The van der Waals surface area contributed by atoms with E-state index >= 15 is 0 Å². The van der Waals surface area contributed by atoms with E-state index in [2.05, 4.69) is 0 Å². The second-order valence-electron chi connectivity index (χ2n) is 4.00. The summed E-state index contributed by atoms with van der Waals surface area (Å²) >= 11 is -1.20. The van der Waals surface area contributed by atoms with Crippen molar-refractivity contribution in [3.8, 4) is 0 Å². The van der Waals surface area contributed by atoms with Gasteiger partial charge in [0.15, 0.2) is 11.1 Å². The Bertz CT molecular complexity index is 233. The Morgan fingerprint density at radius 1 is 1.67 bits per heavy atom. The number of alkyl halides is 1. The van der Waals surface area contributed by atoms with Gasteiger partial charge in [0.1, 0.15) is 6.17 Å². The molecule has 0 bridgehead atoms. The van der Waals surface area contributed by atoms with Gasteiger partial charge >= 0.3 is 0 Å². The third kappa shape index (κ3) is 0.973. The van der Waals surface area contributed by atoms with Crippen molar-refractivity contribution in [3.63, 3.8) is 0 Å². The van der Waals surface area contributed by atoms with Gasteiger partial charge in [-0.3, -0.25) is 4.18 Å². The summed E-state index contributed by atoms with van der Waals surface area (Å²) < 4.78 is 28.9. The molecule has 0 N–H and O–H groups in total. The molecule has 0 saturated heterocycles. The highest BCUT2D eigenvalue weighted by molar-refractivity contribution is 7.80. The van der Waals surface area contributed by atoms with E-state index in [9.17, 15) is 8.60 Å². The topological polar surface area (TPSA) is 26.3 Å². The highest BCUT2D eigenvalue weighted by Gasteiger charge is 2.68. The van der Waals surface area contributed by atoms with Crippen molar-refractivity contribution < 1.29 is 12.8 Å². The Kier molecular flexibility index (Phi) is 1.81. The van der Waals surface area contributed by atoms with Crippen LogP contribution in [0.2, 0.25) is 0 Å². The van der Waals surface area contributed by atoms with Crippen molar-refractivity contribution in [3.05, 3.63) is 0 Å². The normalized spacial score (nSPS) is 53.4. The second kappa shape index (κ2) is 2.51. The average molecular weight is 192 g/mol. The van der Waals surface area contributed by atoms with Crippen LogP contribution in [0.15, 0.2) is 0 Å². The molecule has 2 rings (SSSR count). The molecule has 0 aromatic carbocycles. The first-order valence-electron chi connectivity index (χ1n) is 4.18. The van der Waals surface area contributed by atoms with Gasteiger partial charge in [0.2, 0.25) is 0 Å². The highest BCUT2D eigenvalue weighted by Crippen LogP contribution is 2.65. The van der Waals surface area contributed by atoms with Gasteiger partial charge in [-0.05, 0) is 12.8 Å². The lowest BCUT2D eigenvalue weighted by molar-refractivity contribution is 0.347. The molecule has 0 heterocycles. The Labute approximate surface area is 74.1 Å². The van der Waals surface area contributed by atoms with E-state index in [-0.39, 0.29) is 16.6 Å². The monoisotopic (exact) mass is 192 g/mol. The number of fused-ring (bicyclic) bond motifs is 1. The zero-order valence-corrected chi connectivity index (χ0v) is 8.07. The predicted octanol–water partition coefficient (Wildman–Crippen LogP) is 1.43. The fourth-order valence-electron chi connectivity index (χ4n) is 2.39. The van der Waals surface area contributed by atoms with E-state index in [1.54, 1.807) is 0 Å². The molecule has 2 saturated carbocycles. The summed E-state index contributed by atoms with van der Waals surface area (Å²) in [6.07, 6.45) is 0.805. The van der Waals surface area contributed by atoms with Crippen LogP contribution in [0.1, 0.15) is 19.8 Å². The molecular formula is C8H13FO2S. The van der Waals surface area contributed by atoms with Crippen molar-refractivity contribution in [1.29, 1.82) is 0 Å². The molecule has 2 aliphatic rings. The van der Waals surface area contributed by atoms with E-state index < -0.39 is 17.3 Å². The summed E-state index contributed by atoms with van der Waals surface area (Å²) in [7, 11) is 1.44. The molecule has 0 aromatic heterocycles. The molecule has 2 fully saturated rings. The van der Waals surface area contributed by atoms with Gasteiger partial charge in [0, 0.05) is 11.3 Å². The van der Waals surface area contributed by atoms with Gasteiger partial charge < -0.3 is 0 Å². The Morgan fingerprint density at radius 2 is 2.33 bits per heavy atom. The van der Waals surface area contributed by atoms with Crippen LogP contribution >= 0.6 is 0 Å². The van der Waals surface area contributed by atoms with Crippen LogP contribution in [-0.2, 0) is 15.3 Å². The third-order valence-corrected chi connectivity index (χ3v) is 4.57. The van der Waals surface area contributed by atoms with Crippen LogP contribution in [0.25, 0.3) is 0 Å². The molecule has 0 radical (unpaired) electrons. The largest absolute Gasteiger partial charge is 0.294 e. The molecule has 0 spiro atoms. The van der Waals surface area contributed by atoms with Crippen LogP contribution < -0.4 is 0 Å². The van der Waals surface area contributed by atoms with E-state index in [1.807, 2.05) is 6.92 Å². The number of halogens is 1. The maximum atomic E-state index is 13.0. The fraction of sp³-hybridized carbons (Fsp3) is 1.00. The molecule has 5 unspecified atom stereocenters. The predicted molar refractivity (Wildman–Crippen MR) is 44.7 cm³/mol. The Balaban J connectivity index is 1.99. The van der Waals surface area contributed by atoms with Gasteiger partial charge in [0.25, 0.3) is 0 Å². The number of hydrogen-bond donors (Lipinski definition) is 0. The first kappa shape index (κ1) is 8.63. The highest BCUT2D eigenvalue weighted by atomic mass is 32.2. The number of rotatable bonds is 2. The van der Waals surface area contributed by atoms with Gasteiger partial charge in [-0.1, -0.05) is 6.92 Å². The zero-order valence-electron chi connectivity index (χ0n) is 7.25. The van der Waals surface area contributed by atoms with Gasteiger partial charge in [-0.15, -0.1) is 0 Å². The van der Waals surface area contributed by atoms with E-state index in [4.69, 9.17) is 4.18 Å². The van der Waals surface area contributed by atoms with E-state index in [0.29, 0.717) is 0 Å². The second-order valence-corrected chi connectivity index (χ2v) is 5.52. The van der Waals surface area contributed by atoms with Crippen LogP contribution in [0.4, 0.5) is 4.39 Å². The minimum absolute atomic E-state index is 0.0667. The molecule has 0 amide bonds. The number of hydrogen-bond acceptors (Lipinski definition) is 2. The molecule has 0 aliphatic heterocycles. The van der Waals surface area contributed by atoms with Crippen molar-refractivity contribution >= 4 is 11.1 Å². The average Bonchev–Trinajstić information content (AvgIpc) is 2.49. The Morgan fingerprint density at radius 3 is 2.75 bits per heavy atom. The van der Waals surface area contributed by atoms with Crippen molar-refractivity contribution in [2.24, 2.45) is 11.3 Å². The zero-order chi connectivity index (χ0) is 8.93. The van der Waals surface area contributed by atoms with Crippen molar-refractivity contribution in [1.82, 2.24) is 0 Å². The maximum absolute atomic E-state index is 13.0. The van der Waals surface area contributed by atoms with Crippen LogP contribution in [-0.4, -0.2) is 22.7 Å². The molecule has 12 heavy (non-hydrogen) atoms. The smallest absolute Gasteiger partial charge is 0.158 e. The lowest BCUT2D eigenvalue weighted by Gasteiger charge is -2.11. The lowest BCUT2D eigenvalue weighted by atomic mass is 10.1. The Hall–Kier alpha value is 0.0400. The summed E-state index contributed by atoms with van der Waals surface area (Å²) in [5.41, 5.74) is -0.168. The molecule has 4 heteroatoms. The van der Waals surface area contributed by atoms with E-state index in [0.717, 1.165) is 12.8 Å². The first-order valence-corrected chi connectivity index (χ1v) is 5.32. The molecule has 2 aliphatic carbocycles. The van der Waals surface area contributed by atoms with Gasteiger partial charge in [0.05, 0.1) is 12.4 Å². The molecule has 2 nitrogen and oxygen atoms in total. The van der Waals surface area contributed by atoms with E-state index in [1.165, 1.54) is 7.11 Å². The van der Waals surface area contributed by atoms with Gasteiger partial charge in [-0.25, -0.2) is 8.60 Å². The lowest BCUT2D eigenvalue weighted by Crippen LogP contribution is -2.17. The van der Waals surface area contributed by atoms with Crippen LogP contribution in [0.3, 0.4) is 0 Å². The SMILES string of the molecule is COS(=O)C1CC2C(F)C2(C)C1.